The van der Waals surface area contributed by atoms with Crippen LogP contribution in [0.2, 0.25) is 0 Å². The van der Waals surface area contributed by atoms with Crippen molar-refractivity contribution in [3.63, 3.8) is 0 Å². The molecule has 21 heavy (non-hydrogen) atoms. The highest BCUT2D eigenvalue weighted by atomic mass is 16.5. The SMILES string of the molecule is O=C(NCCC1CCCO1)c1cn(C2CCNCC2)nn1. The molecule has 3 rings (SSSR count). The van der Waals surface area contributed by atoms with E-state index in [2.05, 4.69) is 20.9 Å². The smallest absolute Gasteiger partial charge is 0.273 e. The zero-order chi connectivity index (χ0) is 14.5. The summed E-state index contributed by atoms with van der Waals surface area (Å²) in [4.78, 5) is 12.0. The second-order valence-corrected chi connectivity index (χ2v) is 5.74. The van der Waals surface area contributed by atoms with Crippen LogP contribution in [0.15, 0.2) is 6.20 Å². The van der Waals surface area contributed by atoms with Crippen LogP contribution in [-0.2, 0) is 4.74 Å². The van der Waals surface area contributed by atoms with Crippen LogP contribution in [-0.4, -0.2) is 53.2 Å². The first-order valence-electron chi connectivity index (χ1n) is 7.85. The molecule has 116 valence electrons. The summed E-state index contributed by atoms with van der Waals surface area (Å²) >= 11 is 0. The summed E-state index contributed by atoms with van der Waals surface area (Å²) in [5.41, 5.74) is 0.404. The van der Waals surface area contributed by atoms with E-state index in [1.54, 1.807) is 6.20 Å². The van der Waals surface area contributed by atoms with Gasteiger partial charge in [-0.3, -0.25) is 4.79 Å². The Labute approximate surface area is 124 Å². The zero-order valence-electron chi connectivity index (χ0n) is 12.3. The van der Waals surface area contributed by atoms with Crippen LogP contribution < -0.4 is 10.6 Å². The average molecular weight is 293 g/mol. The first-order chi connectivity index (χ1) is 10.3. The van der Waals surface area contributed by atoms with Gasteiger partial charge in [0, 0.05) is 13.2 Å². The van der Waals surface area contributed by atoms with E-state index in [0.29, 0.717) is 24.4 Å². The number of hydrogen-bond acceptors (Lipinski definition) is 5. The Morgan fingerprint density at radius 3 is 3.05 bits per heavy atom. The lowest BCUT2D eigenvalue weighted by molar-refractivity contribution is 0.0903. The molecular weight excluding hydrogens is 270 g/mol. The average Bonchev–Trinajstić information content (AvgIpc) is 3.20. The van der Waals surface area contributed by atoms with Crippen LogP contribution in [0, 0.1) is 0 Å². The minimum absolute atomic E-state index is 0.145. The molecule has 0 saturated carbocycles. The molecule has 0 spiro atoms. The molecule has 7 nitrogen and oxygen atoms in total. The predicted octanol–water partition coefficient (Wildman–Crippen LogP) is 0.502. The van der Waals surface area contributed by atoms with Gasteiger partial charge in [-0.25, -0.2) is 4.68 Å². The van der Waals surface area contributed by atoms with Crippen molar-refractivity contribution >= 4 is 5.91 Å². The maximum absolute atomic E-state index is 12.0. The molecule has 1 aromatic rings. The quantitative estimate of drug-likeness (QED) is 0.826. The lowest BCUT2D eigenvalue weighted by atomic mass is 10.1. The van der Waals surface area contributed by atoms with Gasteiger partial charge in [0.2, 0.25) is 0 Å². The molecule has 3 heterocycles. The lowest BCUT2D eigenvalue weighted by Crippen LogP contribution is -2.29. The van der Waals surface area contributed by atoms with Crippen LogP contribution >= 0.6 is 0 Å². The third-order valence-electron chi connectivity index (χ3n) is 4.20. The van der Waals surface area contributed by atoms with Gasteiger partial charge in [0.25, 0.3) is 5.91 Å². The van der Waals surface area contributed by atoms with E-state index in [1.165, 1.54) is 0 Å². The summed E-state index contributed by atoms with van der Waals surface area (Å²) in [5, 5.41) is 14.3. The van der Waals surface area contributed by atoms with Crippen molar-refractivity contribution < 1.29 is 9.53 Å². The summed E-state index contributed by atoms with van der Waals surface area (Å²) in [6.07, 6.45) is 7.22. The van der Waals surface area contributed by atoms with Crippen LogP contribution in [0.1, 0.15) is 48.6 Å². The van der Waals surface area contributed by atoms with Crippen molar-refractivity contribution in [1.29, 1.82) is 0 Å². The maximum atomic E-state index is 12.0. The first kappa shape index (κ1) is 14.5. The van der Waals surface area contributed by atoms with Crippen LogP contribution in [0.25, 0.3) is 0 Å². The van der Waals surface area contributed by atoms with Crippen molar-refractivity contribution in [1.82, 2.24) is 25.6 Å². The van der Waals surface area contributed by atoms with Gasteiger partial charge < -0.3 is 15.4 Å². The molecule has 0 aromatic carbocycles. The number of rotatable bonds is 5. The third kappa shape index (κ3) is 3.79. The van der Waals surface area contributed by atoms with Gasteiger partial charge in [0.15, 0.2) is 5.69 Å². The molecule has 2 aliphatic rings. The summed E-state index contributed by atoms with van der Waals surface area (Å²) < 4.78 is 7.36. The molecule has 0 aliphatic carbocycles. The molecule has 1 aromatic heterocycles. The Hall–Kier alpha value is -1.47. The highest BCUT2D eigenvalue weighted by Gasteiger charge is 2.19. The second kappa shape index (κ2) is 7.00. The fourth-order valence-electron chi connectivity index (χ4n) is 2.94. The molecule has 2 N–H and O–H groups in total. The van der Waals surface area contributed by atoms with Crippen molar-refractivity contribution in [2.24, 2.45) is 0 Å². The standard InChI is InChI=1S/C14H23N5O2/c20-14(16-8-5-12-2-1-9-21-12)13-10-19(18-17-13)11-3-6-15-7-4-11/h10-12,15H,1-9H2,(H,16,20). The number of carbonyl (C=O) groups is 1. The number of carbonyl (C=O) groups excluding carboxylic acids is 1. The van der Waals surface area contributed by atoms with Crippen LogP contribution in [0.3, 0.4) is 0 Å². The molecule has 7 heteroatoms. The number of ether oxygens (including phenoxy) is 1. The molecule has 2 aliphatic heterocycles. The molecule has 2 fully saturated rings. The number of nitrogens with zero attached hydrogens (tertiary/aromatic N) is 3. The second-order valence-electron chi connectivity index (χ2n) is 5.74. The van der Waals surface area contributed by atoms with E-state index in [1.807, 2.05) is 4.68 Å². The minimum atomic E-state index is -0.145. The molecule has 1 atom stereocenters. The van der Waals surface area contributed by atoms with Crippen LogP contribution in [0.5, 0.6) is 0 Å². The predicted molar refractivity (Wildman–Crippen MR) is 77.1 cm³/mol. The monoisotopic (exact) mass is 293 g/mol. The zero-order valence-corrected chi connectivity index (χ0v) is 12.3. The molecule has 1 unspecified atom stereocenters. The van der Waals surface area contributed by atoms with Crippen molar-refractivity contribution in [2.75, 3.05) is 26.2 Å². The highest BCUT2D eigenvalue weighted by molar-refractivity contribution is 5.91. The minimum Gasteiger partial charge on any atom is -0.378 e. The van der Waals surface area contributed by atoms with Gasteiger partial charge in [0.1, 0.15) is 0 Å². The summed E-state index contributed by atoms with van der Waals surface area (Å²) in [6.45, 7) is 3.47. The van der Waals surface area contributed by atoms with Gasteiger partial charge in [-0.2, -0.15) is 0 Å². The van der Waals surface area contributed by atoms with E-state index in [-0.39, 0.29) is 5.91 Å². The van der Waals surface area contributed by atoms with Gasteiger partial charge in [-0.15, -0.1) is 5.10 Å². The fourth-order valence-corrected chi connectivity index (χ4v) is 2.94. The number of hydrogen-bond donors (Lipinski definition) is 2. The molecule has 1 amide bonds. The summed E-state index contributed by atoms with van der Waals surface area (Å²) in [6, 6.07) is 0.354. The fraction of sp³-hybridized carbons (Fsp3) is 0.786. The third-order valence-corrected chi connectivity index (χ3v) is 4.20. The van der Waals surface area contributed by atoms with Crippen molar-refractivity contribution in [3.05, 3.63) is 11.9 Å². The Morgan fingerprint density at radius 1 is 1.43 bits per heavy atom. The molecule has 0 radical (unpaired) electrons. The number of aromatic nitrogens is 3. The van der Waals surface area contributed by atoms with Gasteiger partial charge in [0.05, 0.1) is 18.3 Å². The maximum Gasteiger partial charge on any atom is 0.273 e. The Kier molecular flexibility index (Phi) is 4.82. The lowest BCUT2D eigenvalue weighted by Gasteiger charge is -2.22. The van der Waals surface area contributed by atoms with E-state index < -0.39 is 0 Å². The number of amides is 1. The Balaban J connectivity index is 1.46. The normalized spacial score (nSPS) is 23.3. The first-order valence-corrected chi connectivity index (χ1v) is 7.85. The van der Waals surface area contributed by atoms with E-state index in [0.717, 1.165) is 51.8 Å². The summed E-state index contributed by atoms with van der Waals surface area (Å²) in [7, 11) is 0. The number of piperidine rings is 1. The van der Waals surface area contributed by atoms with Crippen molar-refractivity contribution in [2.45, 2.75) is 44.2 Å². The number of nitrogens with one attached hydrogen (secondary N) is 2. The topological polar surface area (TPSA) is 81.1 Å². The van der Waals surface area contributed by atoms with Gasteiger partial charge in [-0.05, 0) is 45.2 Å². The van der Waals surface area contributed by atoms with Gasteiger partial charge >= 0.3 is 0 Å². The Bertz CT molecular complexity index is 464. The van der Waals surface area contributed by atoms with Crippen LogP contribution in [0.4, 0.5) is 0 Å². The van der Waals surface area contributed by atoms with E-state index >= 15 is 0 Å². The Morgan fingerprint density at radius 2 is 2.29 bits per heavy atom. The van der Waals surface area contributed by atoms with Gasteiger partial charge in [-0.1, -0.05) is 5.21 Å². The van der Waals surface area contributed by atoms with Crippen molar-refractivity contribution in [3.8, 4) is 0 Å². The largest absolute Gasteiger partial charge is 0.378 e. The van der Waals surface area contributed by atoms with E-state index in [9.17, 15) is 4.79 Å². The molecule has 2 saturated heterocycles. The van der Waals surface area contributed by atoms with E-state index in [4.69, 9.17) is 4.74 Å². The summed E-state index contributed by atoms with van der Waals surface area (Å²) in [5.74, 6) is -0.145. The highest BCUT2D eigenvalue weighted by Crippen LogP contribution is 2.17. The molecule has 0 bridgehead atoms. The molecular formula is C14H23N5O2.